The molecule has 1 saturated heterocycles. The molecular weight excluding hydrogens is 338 g/mol. The number of piperidine rings is 1. The van der Waals surface area contributed by atoms with Crippen molar-refractivity contribution in [2.45, 2.75) is 19.8 Å². The van der Waals surface area contributed by atoms with Gasteiger partial charge in [0.2, 0.25) is 0 Å². The highest BCUT2D eigenvalue weighted by Gasteiger charge is 2.21. The molecule has 136 valence electrons. The second-order valence-corrected chi connectivity index (χ2v) is 6.63. The maximum atomic E-state index is 13.6. The van der Waals surface area contributed by atoms with Crippen molar-refractivity contribution in [1.82, 2.24) is 4.90 Å². The van der Waals surface area contributed by atoms with Gasteiger partial charge in [-0.1, -0.05) is 6.92 Å². The van der Waals surface area contributed by atoms with E-state index >= 15 is 0 Å². The van der Waals surface area contributed by atoms with Gasteiger partial charge in [-0.2, -0.15) is 0 Å². The zero-order valence-electron chi connectivity index (χ0n) is 14.5. The van der Waals surface area contributed by atoms with Crippen LogP contribution in [0.25, 0.3) is 0 Å². The smallest absolute Gasteiger partial charge is 0.255 e. The predicted molar refractivity (Wildman–Crippen MR) is 95.1 cm³/mol. The Labute approximate surface area is 150 Å². The van der Waals surface area contributed by atoms with Crippen molar-refractivity contribution in [3.63, 3.8) is 0 Å². The van der Waals surface area contributed by atoms with Crippen molar-refractivity contribution < 1.29 is 18.4 Å². The Morgan fingerprint density at radius 3 is 2.23 bits per heavy atom. The molecule has 0 spiro atoms. The third kappa shape index (κ3) is 4.07. The number of hydrogen-bond acceptors (Lipinski definition) is 2. The first kappa shape index (κ1) is 18.0. The first-order valence-electron chi connectivity index (χ1n) is 8.60. The summed E-state index contributed by atoms with van der Waals surface area (Å²) >= 11 is 0. The van der Waals surface area contributed by atoms with Crippen LogP contribution in [0.2, 0.25) is 0 Å². The largest absolute Gasteiger partial charge is 0.339 e. The highest BCUT2D eigenvalue weighted by atomic mass is 19.1. The number of likely N-dealkylation sites (tertiary alicyclic amines) is 1. The monoisotopic (exact) mass is 358 g/mol. The van der Waals surface area contributed by atoms with Crippen LogP contribution in [0, 0.1) is 17.6 Å². The van der Waals surface area contributed by atoms with Crippen LogP contribution in [-0.4, -0.2) is 29.8 Å². The van der Waals surface area contributed by atoms with E-state index in [0.29, 0.717) is 17.5 Å². The Morgan fingerprint density at radius 1 is 1.00 bits per heavy atom. The molecule has 6 heteroatoms. The average molecular weight is 358 g/mol. The molecule has 26 heavy (non-hydrogen) atoms. The van der Waals surface area contributed by atoms with Crippen molar-refractivity contribution in [2.24, 2.45) is 5.92 Å². The molecule has 0 aromatic heterocycles. The third-order valence-corrected chi connectivity index (χ3v) is 4.64. The Bertz CT molecular complexity index is 813. The Kier molecular flexibility index (Phi) is 5.30. The summed E-state index contributed by atoms with van der Waals surface area (Å²) in [6.45, 7) is 3.66. The van der Waals surface area contributed by atoms with E-state index in [4.69, 9.17) is 0 Å². The number of rotatable bonds is 3. The minimum atomic E-state index is -0.843. The molecule has 2 aromatic carbocycles. The summed E-state index contributed by atoms with van der Waals surface area (Å²) in [5.74, 6) is -1.49. The van der Waals surface area contributed by atoms with Gasteiger partial charge < -0.3 is 10.2 Å². The van der Waals surface area contributed by atoms with E-state index in [2.05, 4.69) is 12.2 Å². The zero-order chi connectivity index (χ0) is 18.7. The number of hydrogen-bond donors (Lipinski definition) is 1. The lowest BCUT2D eigenvalue weighted by Crippen LogP contribution is -2.37. The number of nitrogens with zero attached hydrogens (tertiary/aromatic N) is 1. The standard InChI is InChI=1S/C20H20F2N2O2/c1-13-8-10-24(11-9-13)20(26)15-4-2-14(3-5-15)19(25)23-18-7-6-16(21)12-17(18)22/h2-7,12-13H,8-11H2,1H3,(H,23,25). The van der Waals surface area contributed by atoms with Crippen LogP contribution in [0.1, 0.15) is 40.5 Å². The molecular formula is C20H20F2N2O2. The second kappa shape index (κ2) is 7.64. The number of halogens is 2. The predicted octanol–water partition coefficient (Wildman–Crippen LogP) is 4.09. The molecule has 1 heterocycles. The van der Waals surface area contributed by atoms with Crippen LogP contribution in [0.5, 0.6) is 0 Å². The molecule has 1 aliphatic rings. The number of benzene rings is 2. The fourth-order valence-electron chi connectivity index (χ4n) is 2.94. The van der Waals surface area contributed by atoms with Gasteiger partial charge in [-0.15, -0.1) is 0 Å². The van der Waals surface area contributed by atoms with Gasteiger partial charge in [-0.25, -0.2) is 8.78 Å². The topological polar surface area (TPSA) is 49.4 Å². The third-order valence-electron chi connectivity index (χ3n) is 4.64. The van der Waals surface area contributed by atoms with Crippen LogP contribution in [-0.2, 0) is 0 Å². The van der Waals surface area contributed by atoms with Gasteiger partial charge in [0.1, 0.15) is 11.6 Å². The van der Waals surface area contributed by atoms with Crippen LogP contribution < -0.4 is 5.32 Å². The summed E-state index contributed by atoms with van der Waals surface area (Å²) in [6, 6.07) is 9.17. The highest BCUT2D eigenvalue weighted by Crippen LogP contribution is 2.19. The van der Waals surface area contributed by atoms with Crippen LogP contribution in [0.15, 0.2) is 42.5 Å². The molecule has 0 bridgehead atoms. The van der Waals surface area contributed by atoms with Crippen molar-refractivity contribution in [3.05, 3.63) is 65.2 Å². The first-order valence-corrected chi connectivity index (χ1v) is 8.60. The molecule has 0 aliphatic carbocycles. The Balaban J connectivity index is 1.67. The molecule has 1 N–H and O–H groups in total. The first-order chi connectivity index (χ1) is 12.4. The number of carbonyl (C=O) groups excluding carboxylic acids is 2. The van der Waals surface area contributed by atoms with E-state index in [9.17, 15) is 18.4 Å². The maximum Gasteiger partial charge on any atom is 0.255 e. The number of anilines is 1. The van der Waals surface area contributed by atoms with Crippen molar-refractivity contribution in [3.8, 4) is 0 Å². The molecule has 0 unspecified atom stereocenters. The van der Waals surface area contributed by atoms with Gasteiger partial charge in [0.05, 0.1) is 5.69 Å². The van der Waals surface area contributed by atoms with Crippen molar-refractivity contribution in [1.29, 1.82) is 0 Å². The summed E-state index contributed by atoms with van der Waals surface area (Å²) in [4.78, 5) is 26.5. The number of amides is 2. The summed E-state index contributed by atoms with van der Waals surface area (Å²) in [6.07, 6.45) is 1.99. The van der Waals surface area contributed by atoms with E-state index in [0.717, 1.165) is 38.1 Å². The zero-order valence-corrected chi connectivity index (χ0v) is 14.5. The van der Waals surface area contributed by atoms with Gasteiger partial charge in [0, 0.05) is 30.3 Å². The van der Waals surface area contributed by atoms with Gasteiger partial charge in [-0.3, -0.25) is 9.59 Å². The molecule has 2 amide bonds. The van der Waals surface area contributed by atoms with Crippen molar-refractivity contribution >= 4 is 17.5 Å². The molecule has 1 fully saturated rings. The minimum Gasteiger partial charge on any atom is -0.339 e. The summed E-state index contributed by atoms with van der Waals surface area (Å²) in [5.41, 5.74) is 0.709. The van der Waals surface area contributed by atoms with Gasteiger partial charge >= 0.3 is 0 Å². The maximum absolute atomic E-state index is 13.6. The van der Waals surface area contributed by atoms with Crippen LogP contribution in [0.3, 0.4) is 0 Å². The van der Waals surface area contributed by atoms with Crippen LogP contribution in [0.4, 0.5) is 14.5 Å². The molecule has 0 saturated carbocycles. The van der Waals surface area contributed by atoms with E-state index in [1.165, 1.54) is 12.1 Å². The fraction of sp³-hybridized carbons (Fsp3) is 0.300. The molecule has 3 rings (SSSR count). The molecule has 1 aliphatic heterocycles. The lowest BCUT2D eigenvalue weighted by Gasteiger charge is -2.30. The SMILES string of the molecule is CC1CCN(C(=O)c2ccc(C(=O)Nc3ccc(F)cc3F)cc2)CC1. The number of nitrogens with one attached hydrogen (secondary N) is 1. The Hall–Kier alpha value is -2.76. The fourth-order valence-corrected chi connectivity index (χ4v) is 2.94. The summed E-state index contributed by atoms with van der Waals surface area (Å²) < 4.78 is 26.5. The Morgan fingerprint density at radius 2 is 1.62 bits per heavy atom. The average Bonchev–Trinajstić information content (AvgIpc) is 2.64. The van der Waals surface area contributed by atoms with E-state index < -0.39 is 17.5 Å². The minimum absolute atomic E-state index is 0.0477. The van der Waals surface area contributed by atoms with Gasteiger partial charge in [-0.05, 0) is 55.2 Å². The lowest BCUT2D eigenvalue weighted by atomic mass is 9.98. The lowest BCUT2D eigenvalue weighted by molar-refractivity contribution is 0.0697. The van der Waals surface area contributed by atoms with Crippen LogP contribution >= 0.6 is 0 Å². The highest BCUT2D eigenvalue weighted by molar-refractivity contribution is 6.05. The number of carbonyl (C=O) groups is 2. The van der Waals surface area contributed by atoms with E-state index in [-0.39, 0.29) is 17.2 Å². The van der Waals surface area contributed by atoms with E-state index in [1.807, 2.05) is 4.90 Å². The second-order valence-electron chi connectivity index (χ2n) is 6.63. The molecule has 4 nitrogen and oxygen atoms in total. The summed E-state index contributed by atoms with van der Waals surface area (Å²) in [7, 11) is 0. The molecule has 2 aromatic rings. The normalized spacial score (nSPS) is 15.0. The van der Waals surface area contributed by atoms with Crippen molar-refractivity contribution in [2.75, 3.05) is 18.4 Å². The quantitative estimate of drug-likeness (QED) is 0.898. The van der Waals surface area contributed by atoms with E-state index in [1.54, 1.807) is 12.1 Å². The molecule has 0 radical (unpaired) electrons. The van der Waals surface area contributed by atoms with Gasteiger partial charge in [0.15, 0.2) is 0 Å². The summed E-state index contributed by atoms with van der Waals surface area (Å²) in [5, 5.41) is 2.39. The molecule has 0 atom stereocenters. The van der Waals surface area contributed by atoms with Gasteiger partial charge in [0.25, 0.3) is 11.8 Å².